The van der Waals surface area contributed by atoms with Crippen LogP contribution in [0.1, 0.15) is 15.2 Å². The molecule has 0 spiro atoms. The molecule has 0 radical (unpaired) electrons. The molecule has 6 heteroatoms. The zero-order chi connectivity index (χ0) is 16.8. The van der Waals surface area contributed by atoms with Crippen LogP contribution in [0.2, 0.25) is 0 Å². The highest BCUT2D eigenvalue weighted by Gasteiger charge is 2.15. The molecule has 1 aromatic heterocycles. The third-order valence-corrected chi connectivity index (χ3v) is 4.40. The van der Waals surface area contributed by atoms with Crippen LogP contribution in [0.4, 0.5) is 0 Å². The normalized spacial score (nSPS) is 10.3. The van der Waals surface area contributed by atoms with Crippen LogP contribution in [0.3, 0.4) is 0 Å². The molecule has 23 heavy (non-hydrogen) atoms. The fraction of sp³-hybridized carbons (Fsp3) is 0.353. The summed E-state index contributed by atoms with van der Waals surface area (Å²) in [6, 6.07) is 7.53. The Bertz CT molecular complexity index is 630. The van der Waals surface area contributed by atoms with Gasteiger partial charge in [0.1, 0.15) is 0 Å². The van der Waals surface area contributed by atoms with Gasteiger partial charge < -0.3 is 19.1 Å². The molecular weight excluding hydrogens is 314 g/mol. The standard InChI is InChI=1S/C17H21NO4S/c1-18(17(19)15-6-5-9-23-15)8-7-12-10-13(20-2)16(22-4)14(11-12)21-3/h5-6,9-11H,7-8H2,1-4H3. The number of likely N-dealkylation sites (N-methyl/N-ethyl adjacent to an activating group) is 1. The second-order valence-electron chi connectivity index (χ2n) is 4.99. The van der Waals surface area contributed by atoms with Crippen LogP contribution in [0, 0.1) is 0 Å². The Balaban J connectivity index is 2.09. The molecule has 1 amide bonds. The molecule has 0 aliphatic heterocycles. The van der Waals surface area contributed by atoms with Gasteiger partial charge in [-0.05, 0) is 35.6 Å². The fourth-order valence-corrected chi connectivity index (χ4v) is 2.98. The van der Waals surface area contributed by atoms with Crippen molar-refractivity contribution in [1.29, 1.82) is 0 Å². The molecule has 0 saturated heterocycles. The molecule has 1 heterocycles. The van der Waals surface area contributed by atoms with Gasteiger partial charge in [0.2, 0.25) is 5.75 Å². The first kappa shape index (κ1) is 17.1. The predicted octanol–water partition coefficient (Wildman–Crippen LogP) is 3.09. The molecule has 0 bridgehead atoms. The van der Waals surface area contributed by atoms with E-state index in [1.54, 1.807) is 33.3 Å². The third kappa shape index (κ3) is 3.96. The molecule has 0 saturated carbocycles. The van der Waals surface area contributed by atoms with Crippen LogP contribution in [-0.2, 0) is 6.42 Å². The molecule has 0 fully saturated rings. The molecule has 0 aliphatic carbocycles. The molecular formula is C17H21NO4S. The van der Waals surface area contributed by atoms with Crippen molar-refractivity contribution in [2.75, 3.05) is 34.9 Å². The van der Waals surface area contributed by atoms with Gasteiger partial charge in [-0.2, -0.15) is 0 Å². The summed E-state index contributed by atoms with van der Waals surface area (Å²) in [5.74, 6) is 1.84. The number of hydrogen-bond donors (Lipinski definition) is 0. The highest BCUT2D eigenvalue weighted by molar-refractivity contribution is 7.12. The maximum atomic E-state index is 12.2. The average molecular weight is 335 g/mol. The number of methoxy groups -OCH3 is 3. The van der Waals surface area contributed by atoms with E-state index in [2.05, 4.69) is 0 Å². The number of rotatable bonds is 7. The summed E-state index contributed by atoms with van der Waals surface area (Å²) >= 11 is 1.45. The van der Waals surface area contributed by atoms with Crippen molar-refractivity contribution in [2.45, 2.75) is 6.42 Å². The van der Waals surface area contributed by atoms with E-state index in [0.29, 0.717) is 30.2 Å². The van der Waals surface area contributed by atoms with Gasteiger partial charge in [-0.15, -0.1) is 11.3 Å². The predicted molar refractivity (Wildman–Crippen MR) is 91.1 cm³/mol. The van der Waals surface area contributed by atoms with Gasteiger partial charge in [-0.25, -0.2) is 0 Å². The molecule has 124 valence electrons. The summed E-state index contributed by atoms with van der Waals surface area (Å²) < 4.78 is 16.0. The van der Waals surface area contributed by atoms with Gasteiger partial charge in [0.25, 0.3) is 5.91 Å². The zero-order valence-corrected chi connectivity index (χ0v) is 14.6. The lowest BCUT2D eigenvalue weighted by atomic mass is 10.1. The number of nitrogens with zero attached hydrogens (tertiary/aromatic N) is 1. The minimum Gasteiger partial charge on any atom is -0.493 e. The Morgan fingerprint density at radius 3 is 2.26 bits per heavy atom. The van der Waals surface area contributed by atoms with Crippen LogP contribution < -0.4 is 14.2 Å². The van der Waals surface area contributed by atoms with Gasteiger partial charge in [0, 0.05) is 13.6 Å². The summed E-state index contributed by atoms with van der Waals surface area (Å²) in [5.41, 5.74) is 1.02. The number of benzene rings is 1. The smallest absolute Gasteiger partial charge is 0.263 e. The highest BCUT2D eigenvalue weighted by atomic mass is 32.1. The van der Waals surface area contributed by atoms with Crippen LogP contribution in [0.5, 0.6) is 17.2 Å². The molecule has 0 atom stereocenters. The summed E-state index contributed by atoms with van der Waals surface area (Å²) in [5, 5.41) is 1.90. The van der Waals surface area contributed by atoms with Crippen molar-refractivity contribution < 1.29 is 19.0 Å². The Morgan fingerprint density at radius 2 is 1.78 bits per heavy atom. The Hall–Kier alpha value is -2.21. The largest absolute Gasteiger partial charge is 0.493 e. The van der Waals surface area contributed by atoms with Crippen LogP contribution in [0.15, 0.2) is 29.6 Å². The van der Waals surface area contributed by atoms with E-state index >= 15 is 0 Å². The maximum absolute atomic E-state index is 12.2. The van der Waals surface area contributed by atoms with E-state index in [0.717, 1.165) is 10.4 Å². The van der Waals surface area contributed by atoms with Crippen LogP contribution in [-0.4, -0.2) is 45.7 Å². The Morgan fingerprint density at radius 1 is 1.13 bits per heavy atom. The molecule has 1 aromatic carbocycles. The Labute approximate surface area is 140 Å². The van der Waals surface area contributed by atoms with Crippen molar-refractivity contribution in [3.05, 3.63) is 40.1 Å². The van der Waals surface area contributed by atoms with Gasteiger partial charge >= 0.3 is 0 Å². The number of carbonyl (C=O) groups is 1. The fourth-order valence-electron chi connectivity index (χ4n) is 2.27. The van der Waals surface area contributed by atoms with Gasteiger partial charge in [-0.1, -0.05) is 6.07 Å². The lowest BCUT2D eigenvalue weighted by Gasteiger charge is -2.18. The summed E-state index contributed by atoms with van der Waals surface area (Å²) in [4.78, 5) is 14.7. The lowest BCUT2D eigenvalue weighted by Crippen LogP contribution is -2.28. The van der Waals surface area contributed by atoms with Gasteiger partial charge in [0.05, 0.1) is 26.2 Å². The van der Waals surface area contributed by atoms with Crippen molar-refractivity contribution in [2.24, 2.45) is 0 Å². The van der Waals surface area contributed by atoms with Crippen LogP contribution in [0.25, 0.3) is 0 Å². The number of thiophene rings is 1. The first-order valence-electron chi connectivity index (χ1n) is 7.18. The quantitative estimate of drug-likeness (QED) is 0.780. The molecule has 0 aliphatic rings. The number of amides is 1. The van der Waals surface area contributed by atoms with E-state index in [4.69, 9.17) is 14.2 Å². The van der Waals surface area contributed by atoms with Gasteiger partial charge in [0.15, 0.2) is 11.5 Å². The van der Waals surface area contributed by atoms with Gasteiger partial charge in [-0.3, -0.25) is 4.79 Å². The molecule has 0 unspecified atom stereocenters. The van der Waals surface area contributed by atoms with E-state index in [1.807, 2.05) is 29.6 Å². The summed E-state index contributed by atoms with van der Waals surface area (Å²) in [6.07, 6.45) is 0.699. The van der Waals surface area contributed by atoms with Crippen molar-refractivity contribution in [1.82, 2.24) is 4.90 Å². The topological polar surface area (TPSA) is 48.0 Å². The minimum atomic E-state index is 0.0347. The molecule has 2 aromatic rings. The first-order chi connectivity index (χ1) is 11.1. The average Bonchev–Trinajstić information content (AvgIpc) is 3.12. The monoisotopic (exact) mass is 335 g/mol. The van der Waals surface area contributed by atoms with Crippen molar-refractivity contribution >= 4 is 17.2 Å². The molecule has 2 rings (SSSR count). The van der Waals surface area contributed by atoms with E-state index in [1.165, 1.54) is 11.3 Å². The van der Waals surface area contributed by atoms with Crippen molar-refractivity contribution in [3.63, 3.8) is 0 Å². The summed E-state index contributed by atoms with van der Waals surface area (Å²) in [6.45, 7) is 0.607. The van der Waals surface area contributed by atoms with E-state index in [9.17, 15) is 4.79 Å². The molecule has 0 N–H and O–H groups in total. The number of ether oxygens (including phenoxy) is 3. The third-order valence-electron chi connectivity index (χ3n) is 3.54. The Kier molecular flexibility index (Phi) is 5.87. The SMILES string of the molecule is COc1cc(CCN(C)C(=O)c2cccs2)cc(OC)c1OC. The number of hydrogen-bond acceptors (Lipinski definition) is 5. The lowest BCUT2D eigenvalue weighted by molar-refractivity contribution is 0.0801. The number of carbonyl (C=O) groups excluding carboxylic acids is 1. The van der Waals surface area contributed by atoms with Crippen LogP contribution >= 0.6 is 11.3 Å². The maximum Gasteiger partial charge on any atom is 0.263 e. The van der Waals surface area contributed by atoms with E-state index < -0.39 is 0 Å². The zero-order valence-electron chi connectivity index (χ0n) is 13.8. The second kappa shape index (κ2) is 7.87. The van der Waals surface area contributed by atoms with Crippen molar-refractivity contribution in [3.8, 4) is 17.2 Å². The van der Waals surface area contributed by atoms with E-state index in [-0.39, 0.29) is 5.91 Å². The minimum absolute atomic E-state index is 0.0347. The molecule has 5 nitrogen and oxygen atoms in total. The first-order valence-corrected chi connectivity index (χ1v) is 8.06. The second-order valence-corrected chi connectivity index (χ2v) is 5.94. The summed E-state index contributed by atoms with van der Waals surface area (Å²) in [7, 11) is 6.56. The highest BCUT2D eigenvalue weighted by Crippen LogP contribution is 2.38.